The van der Waals surface area contributed by atoms with Gasteiger partial charge in [0.15, 0.2) is 9.84 Å². The van der Waals surface area contributed by atoms with Crippen LogP contribution in [0.5, 0.6) is 5.75 Å². The summed E-state index contributed by atoms with van der Waals surface area (Å²) in [5.41, 5.74) is 1.00. The maximum absolute atomic E-state index is 12.4. The van der Waals surface area contributed by atoms with Gasteiger partial charge in [0.2, 0.25) is 0 Å². The van der Waals surface area contributed by atoms with Gasteiger partial charge in [0, 0.05) is 38.3 Å². The Hall–Kier alpha value is -1.97. The third-order valence-electron chi connectivity index (χ3n) is 5.65. The molecule has 4 rings (SSSR count). The number of ketones is 1. The van der Waals surface area contributed by atoms with Gasteiger partial charge in [-0.15, -0.1) is 0 Å². The van der Waals surface area contributed by atoms with Crippen molar-refractivity contribution in [3.05, 3.63) is 23.8 Å². The number of hydrogen-bond donors (Lipinski definition) is 0. The van der Waals surface area contributed by atoms with Crippen molar-refractivity contribution in [1.29, 1.82) is 0 Å². The molecule has 1 atom stereocenters. The zero-order valence-electron chi connectivity index (χ0n) is 15.3. The second kappa shape index (κ2) is 6.88. The number of Topliss-reactive ketones (excluding diaryl/α,β-unsaturated/α-hetero) is 1. The molecule has 0 spiro atoms. The quantitative estimate of drug-likeness (QED) is 0.665. The molecular weight excluding hydrogens is 370 g/mol. The number of carbonyl (C=O) groups excluding carboxylic acids is 2. The molecule has 2 fully saturated rings. The van der Waals surface area contributed by atoms with Crippen LogP contribution in [-0.4, -0.2) is 87.4 Å². The van der Waals surface area contributed by atoms with E-state index in [1.54, 1.807) is 25.3 Å². The first-order chi connectivity index (χ1) is 12.9. The number of rotatable bonds is 4. The summed E-state index contributed by atoms with van der Waals surface area (Å²) >= 11 is 0. The smallest absolute Gasteiger partial charge is 0.300 e. The summed E-state index contributed by atoms with van der Waals surface area (Å²) in [7, 11) is -1.34. The van der Waals surface area contributed by atoms with Gasteiger partial charge >= 0.3 is 5.91 Å². The van der Waals surface area contributed by atoms with E-state index in [0.717, 1.165) is 26.2 Å². The largest absolute Gasteiger partial charge is 0.497 e. The summed E-state index contributed by atoms with van der Waals surface area (Å²) < 4.78 is 28.6. The van der Waals surface area contributed by atoms with Gasteiger partial charge in [0.05, 0.1) is 36.5 Å². The zero-order chi connectivity index (χ0) is 19.2. The highest BCUT2D eigenvalue weighted by Gasteiger charge is 2.38. The Morgan fingerprint density at radius 1 is 1.15 bits per heavy atom. The van der Waals surface area contributed by atoms with E-state index in [-0.39, 0.29) is 17.5 Å². The second-order valence-electron chi connectivity index (χ2n) is 7.30. The van der Waals surface area contributed by atoms with Crippen molar-refractivity contribution in [2.24, 2.45) is 0 Å². The second-order valence-corrected chi connectivity index (χ2v) is 9.53. The highest BCUT2D eigenvalue weighted by atomic mass is 32.2. The summed E-state index contributed by atoms with van der Waals surface area (Å²) in [5, 5.41) is 0. The highest BCUT2D eigenvalue weighted by molar-refractivity contribution is 7.91. The van der Waals surface area contributed by atoms with Crippen LogP contribution in [-0.2, 0) is 14.6 Å². The lowest BCUT2D eigenvalue weighted by molar-refractivity contribution is -0.114. The van der Waals surface area contributed by atoms with E-state index in [1.165, 1.54) is 4.90 Å². The molecule has 1 aromatic carbocycles. The molecule has 1 aromatic rings. The van der Waals surface area contributed by atoms with Gasteiger partial charge in [-0.1, -0.05) is 0 Å². The zero-order valence-corrected chi connectivity index (χ0v) is 16.1. The Kier molecular flexibility index (Phi) is 4.69. The van der Waals surface area contributed by atoms with Crippen LogP contribution in [0.4, 0.5) is 5.69 Å². The monoisotopic (exact) mass is 393 g/mol. The minimum atomic E-state index is -2.89. The van der Waals surface area contributed by atoms with Gasteiger partial charge in [0.1, 0.15) is 5.75 Å². The van der Waals surface area contributed by atoms with E-state index in [2.05, 4.69) is 9.80 Å². The molecule has 27 heavy (non-hydrogen) atoms. The van der Waals surface area contributed by atoms with Crippen molar-refractivity contribution >= 4 is 27.2 Å². The number of piperazine rings is 1. The number of ether oxygens (including phenoxy) is 1. The lowest BCUT2D eigenvalue weighted by atomic mass is 10.1. The molecule has 1 amide bonds. The third kappa shape index (κ3) is 3.46. The lowest BCUT2D eigenvalue weighted by Crippen LogP contribution is -2.53. The van der Waals surface area contributed by atoms with E-state index < -0.39 is 21.5 Å². The first kappa shape index (κ1) is 18.4. The fourth-order valence-electron chi connectivity index (χ4n) is 4.07. The predicted molar refractivity (Wildman–Crippen MR) is 99.9 cm³/mol. The average molecular weight is 393 g/mol. The number of hydrogen-bond acceptors (Lipinski definition) is 7. The fourth-order valence-corrected chi connectivity index (χ4v) is 5.84. The molecule has 0 bridgehead atoms. The van der Waals surface area contributed by atoms with Crippen LogP contribution < -0.4 is 9.64 Å². The molecule has 3 aliphatic heterocycles. The third-order valence-corrected chi connectivity index (χ3v) is 7.40. The van der Waals surface area contributed by atoms with Crippen molar-refractivity contribution in [1.82, 2.24) is 9.80 Å². The molecule has 0 aromatic heterocycles. The van der Waals surface area contributed by atoms with Gasteiger partial charge in [-0.25, -0.2) is 8.42 Å². The van der Waals surface area contributed by atoms with Crippen LogP contribution in [0.3, 0.4) is 0 Å². The van der Waals surface area contributed by atoms with Gasteiger partial charge in [-0.3, -0.25) is 24.3 Å². The summed E-state index contributed by atoms with van der Waals surface area (Å²) in [6.45, 7) is 3.34. The molecule has 0 N–H and O–H groups in total. The molecular formula is C18H23N3O5S. The van der Waals surface area contributed by atoms with Crippen molar-refractivity contribution in [3.63, 3.8) is 0 Å². The van der Waals surface area contributed by atoms with E-state index >= 15 is 0 Å². The van der Waals surface area contributed by atoms with Crippen LogP contribution in [0.15, 0.2) is 18.2 Å². The minimum absolute atomic E-state index is 0.108. The summed E-state index contributed by atoms with van der Waals surface area (Å²) in [6, 6.07) is 5.14. The van der Waals surface area contributed by atoms with E-state index in [4.69, 9.17) is 4.74 Å². The first-order valence-corrected chi connectivity index (χ1v) is 10.9. The molecule has 0 radical (unpaired) electrons. The number of methoxy groups -OCH3 is 1. The lowest BCUT2D eigenvalue weighted by Gasteiger charge is -2.38. The van der Waals surface area contributed by atoms with Crippen LogP contribution in [0.25, 0.3) is 0 Å². The molecule has 0 unspecified atom stereocenters. The standard InChI is InChI=1S/C18H23N3O5S/c1-26-14-2-3-15-16(10-14)21(18(23)17(15)22)12-19-5-7-20(8-6-19)13-4-9-27(24,25)11-13/h2-3,10,13H,4-9,11-12H2,1H3/t13-/m1/s1. The first-order valence-electron chi connectivity index (χ1n) is 9.09. The van der Waals surface area contributed by atoms with Gasteiger partial charge in [0.25, 0.3) is 5.78 Å². The minimum Gasteiger partial charge on any atom is -0.497 e. The predicted octanol–water partition coefficient (Wildman–Crippen LogP) is -0.0133. The molecule has 9 heteroatoms. The van der Waals surface area contributed by atoms with Crippen molar-refractivity contribution < 1.29 is 22.7 Å². The Morgan fingerprint density at radius 3 is 2.52 bits per heavy atom. The molecule has 8 nitrogen and oxygen atoms in total. The number of amides is 1. The number of fused-ring (bicyclic) bond motifs is 1. The number of carbonyl (C=O) groups is 2. The maximum atomic E-state index is 12.4. The Morgan fingerprint density at radius 2 is 1.89 bits per heavy atom. The number of sulfone groups is 1. The van der Waals surface area contributed by atoms with Crippen molar-refractivity contribution in [2.75, 3.05) is 56.4 Å². The van der Waals surface area contributed by atoms with Crippen LogP contribution in [0.1, 0.15) is 16.8 Å². The molecule has 3 aliphatic rings. The fraction of sp³-hybridized carbons (Fsp3) is 0.556. The van der Waals surface area contributed by atoms with Crippen LogP contribution >= 0.6 is 0 Å². The molecule has 3 heterocycles. The van der Waals surface area contributed by atoms with Gasteiger partial charge in [-0.05, 0) is 18.6 Å². The van der Waals surface area contributed by atoms with E-state index in [0.29, 0.717) is 30.1 Å². The van der Waals surface area contributed by atoms with Crippen molar-refractivity contribution in [2.45, 2.75) is 12.5 Å². The number of anilines is 1. The SMILES string of the molecule is COc1ccc2c(c1)N(CN1CCN([C@@H]3CCS(=O)(=O)C3)CC1)C(=O)C2=O. The molecule has 0 aliphatic carbocycles. The Labute approximate surface area is 158 Å². The van der Waals surface area contributed by atoms with Gasteiger partial charge in [-0.2, -0.15) is 0 Å². The normalized spacial score (nSPS) is 25.8. The summed E-state index contributed by atoms with van der Waals surface area (Å²) in [5.74, 6) is 0.138. The topological polar surface area (TPSA) is 87.2 Å². The highest BCUT2D eigenvalue weighted by Crippen LogP contribution is 2.32. The molecule has 0 saturated carbocycles. The number of nitrogens with zero attached hydrogens (tertiary/aromatic N) is 3. The van der Waals surface area contributed by atoms with Crippen LogP contribution in [0.2, 0.25) is 0 Å². The maximum Gasteiger partial charge on any atom is 0.300 e. The van der Waals surface area contributed by atoms with E-state index in [1.807, 2.05) is 0 Å². The Bertz CT molecular complexity index is 877. The Balaban J connectivity index is 1.41. The van der Waals surface area contributed by atoms with Crippen LogP contribution in [0, 0.1) is 0 Å². The van der Waals surface area contributed by atoms with Gasteiger partial charge < -0.3 is 4.74 Å². The van der Waals surface area contributed by atoms with Crippen molar-refractivity contribution in [3.8, 4) is 5.75 Å². The molecule has 2 saturated heterocycles. The summed E-state index contributed by atoms with van der Waals surface area (Å²) in [6.07, 6.45) is 0.703. The summed E-state index contributed by atoms with van der Waals surface area (Å²) in [4.78, 5) is 30.5. The van der Waals surface area contributed by atoms with E-state index in [9.17, 15) is 18.0 Å². The number of benzene rings is 1. The average Bonchev–Trinajstić information content (AvgIpc) is 3.14. The molecule has 146 valence electrons.